The second kappa shape index (κ2) is 6.51. The van der Waals surface area contributed by atoms with Crippen LogP contribution in [0.1, 0.15) is 18.1 Å². The van der Waals surface area contributed by atoms with Crippen LogP contribution in [-0.4, -0.2) is 31.0 Å². The largest absolute Gasteiger partial charge is 0.490 e. The standard InChI is InChI=1S/C13H20O3/c1-4-15-8-12(14)9-16-13-10(2)6-5-7-11(13)3/h5-7,12,14H,4,8-9H2,1-3H3. The summed E-state index contributed by atoms with van der Waals surface area (Å²) in [6, 6.07) is 5.99. The van der Waals surface area contributed by atoms with E-state index in [1.807, 2.05) is 39.0 Å². The highest BCUT2D eigenvalue weighted by molar-refractivity contribution is 5.39. The van der Waals surface area contributed by atoms with Crippen LogP contribution >= 0.6 is 0 Å². The van der Waals surface area contributed by atoms with E-state index in [-0.39, 0.29) is 6.61 Å². The third-order valence-corrected chi connectivity index (χ3v) is 2.34. The van der Waals surface area contributed by atoms with Gasteiger partial charge in [-0.3, -0.25) is 0 Å². The van der Waals surface area contributed by atoms with Crippen molar-refractivity contribution in [1.82, 2.24) is 0 Å². The molecular formula is C13H20O3. The summed E-state index contributed by atoms with van der Waals surface area (Å²) in [4.78, 5) is 0. The summed E-state index contributed by atoms with van der Waals surface area (Å²) in [6.07, 6.45) is -0.570. The van der Waals surface area contributed by atoms with Gasteiger partial charge in [0, 0.05) is 6.61 Å². The van der Waals surface area contributed by atoms with E-state index in [0.29, 0.717) is 13.2 Å². The number of aliphatic hydroxyl groups excluding tert-OH is 1. The predicted octanol–water partition coefficient (Wildman–Crippen LogP) is 2.08. The molecule has 1 aromatic rings. The van der Waals surface area contributed by atoms with Gasteiger partial charge in [-0.05, 0) is 31.9 Å². The fourth-order valence-corrected chi connectivity index (χ4v) is 1.51. The number of hydrogen-bond donors (Lipinski definition) is 1. The van der Waals surface area contributed by atoms with Crippen molar-refractivity contribution in [3.8, 4) is 5.75 Å². The number of rotatable bonds is 6. The smallest absolute Gasteiger partial charge is 0.125 e. The summed E-state index contributed by atoms with van der Waals surface area (Å²) in [6.45, 7) is 7.10. The minimum atomic E-state index is -0.570. The quantitative estimate of drug-likeness (QED) is 0.804. The fourth-order valence-electron chi connectivity index (χ4n) is 1.51. The maximum Gasteiger partial charge on any atom is 0.125 e. The lowest BCUT2D eigenvalue weighted by atomic mass is 10.1. The molecule has 0 bridgehead atoms. The van der Waals surface area contributed by atoms with Crippen molar-refractivity contribution in [2.24, 2.45) is 0 Å². The van der Waals surface area contributed by atoms with Gasteiger partial charge in [0.15, 0.2) is 0 Å². The van der Waals surface area contributed by atoms with Crippen LogP contribution in [-0.2, 0) is 4.74 Å². The molecule has 0 heterocycles. The lowest BCUT2D eigenvalue weighted by molar-refractivity contribution is 0.0162. The van der Waals surface area contributed by atoms with E-state index in [2.05, 4.69) is 0 Å². The highest BCUT2D eigenvalue weighted by Crippen LogP contribution is 2.22. The Morgan fingerprint density at radius 1 is 1.19 bits per heavy atom. The van der Waals surface area contributed by atoms with Crippen molar-refractivity contribution in [3.63, 3.8) is 0 Å². The Morgan fingerprint density at radius 3 is 2.38 bits per heavy atom. The van der Waals surface area contributed by atoms with E-state index in [0.717, 1.165) is 16.9 Å². The molecule has 0 aliphatic rings. The third kappa shape index (κ3) is 3.83. The number of aryl methyl sites for hydroxylation is 2. The molecule has 3 nitrogen and oxygen atoms in total. The number of aliphatic hydroxyl groups is 1. The van der Waals surface area contributed by atoms with E-state index >= 15 is 0 Å². The highest BCUT2D eigenvalue weighted by Gasteiger charge is 2.08. The minimum Gasteiger partial charge on any atom is -0.490 e. The summed E-state index contributed by atoms with van der Waals surface area (Å²) in [5.41, 5.74) is 2.17. The Morgan fingerprint density at radius 2 is 1.81 bits per heavy atom. The lowest BCUT2D eigenvalue weighted by Gasteiger charge is -2.15. The molecule has 16 heavy (non-hydrogen) atoms. The number of benzene rings is 1. The molecule has 0 amide bonds. The van der Waals surface area contributed by atoms with Crippen LogP contribution < -0.4 is 4.74 Å². The molecule has 1 N–H and O–H groups in total. The first-order valence-electron chi connectivity index (χ1n) is 5.60. The van der Waals surface area contributed by atoms with Crippen molar-refractivity contribution in [3.05, 3.63) is 29.3 Å². The van der Waals surface area contributed by atoms with Crippen molar-refractivity contribution < 1.29 is 14.6 Å². The zero-order chi connectivity index (χ0) is 12.0. The van der Waals surface area contributed by atoms with E-state index in [1.54, 1.807) is 0 Å². The summed E-state index contributed by atoms with van der Waals surface area (Å²) < 4.78 is 10.7. The zero-order valence-electron chi connectivity index (χ0n) is 10.2. The molecule has 3 heteroatoms. The van der Waals surface area contributed by atoms with Crippen molar-refractivity contribution in [2.75, 3.05) is 19.8 Å². The molecule has 0 saturated heterocycles. The first kappa shape index (κ1) is 13.0. The van der Waals surface area contributed by atoms with E-state index in [9.17, 15) is 5.11 Å². The molecule has 0 spiro atoms. The zero-order valence-corrected chi connectivity index (χ0v) is 10.2. The molecule has 1 rings (SSSR count). The number of ether oxygens (including phenoxy) is 2. The summed E-state index contributed by atoms with van der Waals surface area (Å²) in [5, 5.41) is 9.57. The lowest BCUT2D eigenvalue weighted by Crippen LogP contribution is -2.23. The summed E-state index contributed by atoms with van der Waals surface area (Å²) >= 11 is 0. The number of para-hydroxylation sites is 1. The maximum absolute atomic E-state index is 9.57. The monoisotopic (exact) mass is 224 g/mol. The Labute approximate surface area is 97.0 Å². The van der Waals surface area contributed by atoms with E-state index in [1.165, 1.54) is 0 Å². The Hall–Kier alpha value is -1.06. The average Bonchev–Trinajstić information content (AvgIpc) is 2.25. The molecule has 0 fully saturated rings. The molecule has 1 atom stereocenters. The van der Waals surface area contributed by atoms with Gasteiger partial charge in [0.25, 0.3) is 0 Å². The van der Waals surface area contributed by atoms with Gasteiger partial charge in [-0.15, -0.1) is 0 Å². The predicted molar refractivity (Wildman–Crippen MR) is 63.9 cm³/mol. The van der Waals surface area contributed by atoms with Gasteiger partial charge in [-0.25, -0.2) is 0 Å². The average molecular weight is 224 g/mol. The van der Waals surface area contributed by atoms with Crippen LogP contribution in [0.5, 0.6) is 5.75 Å². The van der Waals surface area contributed by atoms with E-state index in [4.69, 9.17) is 9.47 Å². The number of hydrogen-bond acceptors (Lipinski definition) is 3. The normalized spacial score (nSPS) is 12.5. The van der Waals surface area contributed by atoms with Crippen molar-refractivity contribution in [1.29, 1.82) is 0 Å². The van der Waals surface area contributed by atoms with Gasteiger partial charge >= 0.3 is 0 Å². The van der Waals surface area contributed by atoms with Crippen LogP contribution in [0.3, 0.4) is 0 Å². The van der Waals surface area contributed by atoms with Gasteiger partial charge in [0.1, 0.15) is 18.5 Å². The topological polar surface area (TPSA) is 38.7 Å². The summed E-state index contributed by atoms with van der Waals surface area (Å²) in [5.74, 6) is 0.859. The Kier molecular flexibility index (Phi) is 5.29. The van der Waals surface area contributed by atoms with E-state index < -0.39 is 6.10 Å². The van der Waals surface area contributed by atoms with Gasteiger partial charge in [-0.2, -0.15) is 0 Å². The molecule has 0 aliphatic heterocycles. The molecule has 90 valence electrons. The van der Waals surface area contributed by atoms with Gasteiger partial charge in [0.2, 0.25) is 0 Å². The van der Waals surface area contributed by atoms with Crippen LogP contribution in [0.25, 0.3) is 0 Å². The highest BCUT2D eigenvalue weighted by atomic mass is 16.5. The van der Waals surface area contributed by atoms with Gasteiger partial charge in [0.05, 0.1) is 6.61 Å². The first-order chi connectivity index (χ1) is 7.65. The Bertz CT molecular complexity index is 303. The molecule has 0 aliphatic carbocycles. The van der Waals surface area contributed by atoms with Crippen LogP contribution in [0.4, 0.5) is 0 Å². The molecule has 1 aromatic carbocycles. The van der Waals surface area contributed by atoms with Crippen molar-refractivity contribution >= 4 is 0 Å². The Balaban J connectivity index is 2.48. The fraction of sp³-hybridized carbons (Fsp3) is 0.538. The molecular weight excluding hydrogens is 204 g/mol. The third-order valence-electron chi connectivity index (χ3n) is 2.34. The molecule has 1 unspecified atom stereocenters. The molecule has 0 saturated carbocycles. The maximum atomic E-state index is 9.57. The summed E-state index contributed by atoms with van der Waals surface area (Å²) in [7, 11) is 0. The van der Waals surface area contributed by atoms with Crippen LogP contribution in [0.2, 0.25) is 0 Å². The first-order valence-corrected chi connectivity index (χ1v) is 5.60. The van der Waals surface area contributed by atoms with Gasteiger partial charge in [-0.1, -0.05) is 18.2 Å². The van der Waals surface area contributed by atoms with Crippen molar-refractivity contribution in [2.45, 2.75) is 26.9 Å². The minimum absolute atomic E-state index is 0.270. The SMILES string of the molecule is CCOCC(O)COc1c(C)cccc1C. The van der Waals surface area contributed by atoms with Gasteiger partial charge < -0.3 is 14.6 Å². The van der Waals surface area contributed by atoms with Crippen LogP contribution in [0.15, 0.2) is 18.2 Å². The molecule has 0 aromatic heterocycles. The van der Waals surface area contributed by atoms with Crippen LogP contribution in [0, 0.1) is 13.8 Å². The molecule has 0 radical (unpaired) electrons. The second-order valence-electron chi connectivity index (χ2n) is 3.85. The second-order valence-corrected chi connectivity index (χ2v) is 3.85.